The highest BCUT2D eigenvalue weighted by Gasteiger charge is 2.19. The molecule has 11 aromatic rings. The zero-order chi connectivity index (χ0) is 66.0. The van der Waals surface area contributed by atoms with Gasteiger partial charge in [0.2, 0.25) is 16.5 Å². The fourth-order valence-electron chi connectivity index (χ4n) is 9.32. The number of morpholine rings is 2. The molecule has 0 aliphatic carbocycles. The Balaban J connectivity index is 0.000000140. The van der Waals surface area contributed by atoms with Crippen molar-refractivity contribution in [3.05, 3.63) is 99.0 Å². The predicted octanol–water partition coefficient (Wildman–Crippen LogP) is 14.1. The van der Waals surface area contributed by atoms with Crippen LogP contribution in [0.2, 0.25) is 15.7 Å². The molecule has 0 radical (unpaired) electrons. The van der Waals surface area contributed by atoms with Gasteiger partial charge in [-0.3, -0.25) is 15.3 Å². The van der Waals surface area contributed by atoms with Gasteiger partial charge in [-0.2, -0.15) is 40.2 Å². The molecule has 0 amide bonds. The second-order valence-electron chi connectivity index (χ2n) is 20.5. The number of nitrogen functional groups attached to an aromatic ring is 2. The lowest BCUT2D eigenvalue weighted by Crippen LogP contribution is -2.36. The van der Waals surface area contributed by atoms with Crippen molar-refractivity contribution in [2.75, 3.05) is 122 Å². The van der Waals surface area contributed by atoms with E-state index >= 15 is 0 Å². The van der Waals surface area contributed by atoms with Crippen LogP contribution in [0.4, 0.5) is 55.7 Å². The molecule has 4 saturated heterocycles. The third-order valence-electron chi connectivity index (χ3n) is 14.0. The van der Waals surface area contributed by atoms with Gasteiger partial charge in [0, 0.05) is 96.9 Å². The van der Waals surface area contributed by atoms with Gasteiger partial charge in [-0.15, -0.1) is 69.3 Å². The molecule has 0 saturated carbocycles. The monoisotopic (exact) mass is 1450 g/mol. The van der Waals surface area contributed by atoms with Crippen LogP contribution in [0.3, 0.4) is 0 Å². The van der Waals surface area contributed by atoms with Gasteiger partial charge < -0.3 is 56.2 Å². The van der Waals surface area contributed by atoms with E-state index in [0.29, 0.717) is 57.0 Å². The van der Waals surface area contributed by atoms with Crippen molar-refractivity contribution in [3.63, 3.8) is 0 Å². The number of benzene rings is 2. The van der Waals surface area contributed by atoms with Crippen LogP contribution in [0.1, 0.15) is 52.4 Å². The van der Waals surface area contributed by atoms with Crippen molar-refractivity contribution in [2.45, 2.75) is 79.7 Å². The molecule has 26 nitrogen and oxygen atoms in total. The third kappa shape index (κ3) is 21.7. The number of fused-ring (bicyclic) bond motifs is 3. The average Bonchev–Trinajstić information content (AvgIpc) is 1.68. The summed E-state index contributed by atoms with van der Waals surface area (Å²) in [5.41, 5.74) is 16.8. The maximum atomic E-state index is 5.88. The normalized spacial score (nSPS) is 16.0. The number of H-pyrrole nitrogens is 3. The Morgan fingerprint density at radius 1 is 0.511 bits per heavy atom. The molecule has 0 spiro atoms. The number of aromatic nitrogens is 15. The zero-order valence-corrected chi connectivity index (χ0v) is 59.4. The van der Waals surface area contributed by atoms with Gasteiger partial charge in [0.05, 0.1) is 54.8 Å². The minimum Gasteiger partial charge on any atom is -0.399 e. The first-order chi connectivity index (χ1) is 45.8. The molecule has 4 aliphatic heterocycles. The minimum atomic E-state index is 0.119. The highest BCUT2D eigenvalue weighted by Crippen LogP contribution is 2.35. The van der Waals surface area contributed by atoms with E-state index in [9.17, 15) is 0 Å². The Labute approximate surface area is 583 Å². The fraction of sp³-hybridized carbons (Fsp3) is 0.390. The van der Waals surface area contributed by atoms with Gasteiger partial charge >= 0.3 is 0 Å². The molecule has 15 rings (SSSR count). The fourth-order valence-corrected chi connectivity index (χ4v) is 13.1. The number of thioether (sulfide) groups is 3. The van der Waals surface area contributed by atoms with Crippen molar-refractivity contribution < 1.29 is 18.9 Å². The van der Waals surface area contributed by atoms with Crippen LogP contribution in [0.5, 0.6) is 0 Å². The molecule has 2 atom stereocenters. The first-order valence-corrected chi connectivity index (χ1v) is 37.2. The van der Waals surface area contributed by atoms with E-state index in [1.165, 1.54) is 107 Å². The average molecular weight is 1450 g/mol. The Kier molecular flexibility index (Phi) is 28.6. The molecule has 10 N–H and O–H groups in total. The summed E-state index contributed by atoms with van der Waals surface area (Å²) >= 11 is 26.4. The summed E-state index contributed by atoms with van der Waals surface area (Å²) in [5.74, 6) is 1.76. The van der Waals surface area contributed by atoms with E-state index in [0.717, 1.165) is 119 Å². The van der Waals surface area contributed by atoms with Crippen LogP contribution >= 0.6 is 104 Å². The first kappa shape index (κ1) is 71.6. The largest absolute Gasteiger partial charge is 0.399 e. The van der Waals surface area contributed by atoms with Crippen LogP contribution in [0, 0.1) is 0 Å². The topological polar surface area (TPSA) is 334 Å². The molecule has 500 valence electrons. The van der Waals surface area contributed by atoms with E-state index in [-0.39, 0.29) is 10.6 Å². The lowest BCUT2D eigenvalue weighted by molar-refractivity contribution is 0.0283. The number of halogens is 3. The number of rotatable bonds is 11. The van der Waals surface area contributed by atoms with Crippen LogP contribution in [-0.2, 0) is 18.9 Å². The number of nitrogens with zero attached hydrogens (tertiary/aromatic N) is 14. The van der Waals surface area contributed by atoms with Crippen molar-refractivity contribution in [3.8, 4) is 0 Å². The maximum Gasteiger partial charge on any atom is 0.231 e. The van der Waals surface area contributed by atoms with E-state index in [1.54, 1.807) is 30.4 Å². The van der Waals surface area contributed by atoms with Crippen molar-refractivity contribution >= 4 is 193 Å². The number of hydrogen-bond donors (Lipinski definition) is 8. The van der Waals surface area contributed by atoms with Gasteiger partial charge in [0.1, 0.15) is 31.9 Å². The standard InChI is InChI=1S/C19H20N8OS2.C10H14N2O.C9H7ClN6S2.C6H4Cl2N4S.2C6H12O.C3H4N2S/c1-29-17-14-15(24-19-20-6-11-30-19)22-18(23-16(14)25-26-17)21-12-2-4-13(5-3-12)27-7-9-28-10-8-27;11-9-1-3-10(4-2-9)12-5-7-13-8-6-12;1-17-7-4-5(14-9-11-2-3-18-9)12-8(10)13-6(4)15-16-7;1-13-5-2-3(7)9-6(8)10-4(2)11-12-5;2*1-6-4-2-3-5-7-6;4-3-5-1-2-6-3/h2-6,11H,7-10H2,1H3,(H3,20,21,22,23,24,25,26);1-4H,5-8,11H2;2-3H,1H3,(H2,11,12,13,14,15,16);1H3,(H,9,10,11,12);2*6H,2-5H2,1H3;1-2H,(H2,4,5). The van der Waals surface area contributed by atoms with Crippen molar-refractivity contribution in [2.24, 2.45) is 0 Å². The van der Waals surface area contributed by atoms with E-state index in [2.05, 4.69) is 134 Å². The SMILES string of the molecule is CC1CCCCO1.CC1CCCCO1.CSc1n[nH]c2nc(Cl)nc(Cl)c12.CSc1n[nH]c2nc(Cl)nc(Nc3nccs3)c12.CSc1n[nH]c2nc(Nc3ccc(N4CCOCC4)cc3)nc(Nc3nccs3)c12.Nc1ccc(N2CCOCC2)cc1.Nc1nccs1. The van der Waals surface area contributed by atoms with Crippen molar-refractivity contribution in [1.82, 2.24) is 75.4 Å². The van der Waals surface area contributed by atoms with Gasteiger partial charge in [-0.05, 0) is 143 Å². The third-order valence-corrected chi connectivity index (χ3v) is 18.6. The molecular formula is C59H73Cl3N22O4S6. The minimum absolute atomic E-state index is 0.119. The summed E-state index contributed by atoms with van der Waals surface area (Å²) < 4.78 is 21.3. The van der Waals surface area contributed by atoms with Crippen LogP contribution in [-0.4, -0.2) is 172 Å². The molecule has 0 bridgehead atoms. The van der Waals surface area contributed by atoms with Gasteiger partial charge in [-0.25, -0.2) is 19.9 Å². The second kappa shape index (κ2) is 37.6. The first-order valence-electron chi connectivity index (χ1n) is 29.8. The molecule has 35 heteroatoms. The summed E-state index contributed by atoms with van der Waals surface area (Å²) in [6.07, 6.45) is 19.8. The Hall–Kier alpha value is -6.66. The van der Waals surface area contributed by atoms with Gasteiger partial charge in [-0.1, -0.05) is 11.6 Å². The number of ether oxygens (including phenoxy) is 4. The molecule has 4 fully saturated rings. The molecule has 9 aromatic heterocycles. The van der Waals surface area contributed by atoms with Gasteiger partial charge in [0.15, 0.2) is 32.3 Å². The molecule has 94 heavy (non-hydrogen) atoms. The Morgan fingerprint density at radius 2 is 0.957 bits per heavy atom. The summed E-state index contributed by atoms with van der Waals surface area (Å²) in [4.78, 5) is 42.2. The van der Waals surface area contributed by atoms with E-state index in [4.69, 9.17) is 70.2 Å². The van der Waals surface area contributed by atoms with E-state index < -0.39 is 0 Å². The van der Waals surface area contributed by atoms with Crippen LogP contribution in [0.15, 0.2) is 98.3 Å². The molecule has 4 aliphatic rings. The predicted molar refractivity (Wildman–Crippen MR) is 388 cm³/mol. The number of anilines is 10. The number of nitrogens with two attached hydrogens (primary N) is 2. The number of hydrogen-bond acceptors (Lipinski definition) is 29. The quantitative estimate of drug-likeness (QED) is 0.0258. The summed E-state index contributed by atoms with van der Waals surface area (Å²) in [6.45, 7) is 13.2. The lowest BCUT2D eigenvalue weighted by atomic mass is 10.1. The maximum absolute atomic E-state index is 5.88. The smallest absolute Gasteiger partial charge is 0.231 e. The molecule has 2 unspecified atom stereocenters. The number of aromatic amines is 3. The molecule has 2 aromatic carbocycles. The Morgan fingerprint density at radius 3 is 1.37 bits per heavy atom. The number of thiazole rings is 3. The van der Waals surface area contributed by atoms with E-state index in [1.807, 2.05) is 59.2 Å². The van der Waals surface area contributed by atoms with Gasteiger partial charge in [0.25, 0.3) is 0 Å². The lowest BCUT2D eigenvalue weighted by Gasteiger charge is -2.28. The zero-order valence-electron chi connectivity index (χ0n) is 52.2. The summed E-state index contributed by atoms with van der Waals surface area (Å²) in [6, 6.07) is 16.3. The number of nitrogens with one attached hydrogen (secondary N) is 6. The van der Waals surface area contributed by atoms with Crippen LogP contribution in [0.25, 0.3) is 33.1 Å². The Bertz CT molecular complexity index is 3950. The molecule has 13 heterocycles. The molecular weight excluding hydrogens is 1380 g/mol. The summed E-state index contributed by atoms with van der Waals surface area (Å²) in [7, 11) is 0. The van der Waals surface area contributed by atoms with Crippen LogP contribution < -0.4 is 37.2 Å². The highest BCUT2D eigenvalue weighted by atomic mass is 35.5. The highest BCUT2D eigenvalue weighted by molar-refractivity contribution is 7.99. The summed E-state index contributed by atoms with van der Waals surface area (Å²) in [5, 5.41) is 44.0. The van der Waals surface area contributed by atoms with Crippen molar-refractivity contribution in [1.29, 1.82) is 0 Å². The second-order valence-corrected chi connectivity index (χ2v) is 26.6.